The largest absolute Gasteiger partial charge is 0.343 e. The minimum Gasteiger partial charge on any atom is -0.343 e. The van der Waals surface area contributed by atoms with Gasteiger partial charge in [0.15, 0.2) is 0 Å². The van der Waals surface area contributed by atoms with Gasteiger partial charge in [-0.05, 0) is 42.9 Å². The number of anilines is 1. The van der Waals surface area contributed by atoms with Crippen molar-refractivity contribution in [2.45, 2.75) is 58.5 Å². The molecule has 154 valence electrons. The maximum Gasteiger partial charge on any atom is 0.244 e. The molecule has 1 aromatic carbocycles. The van der Waals surface area contributed by atoms with Gasteiger partial charge in [0, 0.05) is 37.8 Å². The molecule has 28 heavy (non-hydrogen) atoms. The highest BCUT2D eigenvalue weighted by Crippen LogP contribution is 2.30. The van der Waals surface area contributed by atoms with Crippen LogP contribution in [-0.4, -0.2) is 48.4 Å². The summed E-state index contributed by atoms with van der Waals surface area (Å²) in [6.07, 6.45) is 3.10. The van der Waals surface area contributed by atoms with Gasteiger partial charge in [-0.15, -0.1) is 0 Å². The number of nitrogens with zero attached hydrogens (tertiary/aromatic N) is 2. The molecule has 1 atom stereocenters. The first-order chi connectivity index (χ1) is 13.1. The van der Waals surface area contributed by atoms with Crippen LogP contribution in [-0.2, 0) is 9.59 Å². The van der Waals surface area contributed by atoms with Crippen molar-refractivity contribution < 1.29 is 9.59 Å². The van der Waals surface area contributed by atoms with Crippen LogP contribution in [0.4, 0.5) is 5.69 Å². The van der Waals surface area contributed by atoms with Crippen molar-refractivity contribution in [3.05, 3.63) is 28.2 Å². The fourth-order valence-corrected chi connectivity index (χ4v) is 4.18. The normalized spacial score (nSPS) is 21.5. The molecule has 2 fully saturated rings. The first-order valence-corrected chi connectivity index (χ1v) is 10.7. The molecule has 0 aliphatic carbocycles. The number of benzene rings is 1. The Labute approximate surface area is 177 Å². The molecular formula is C21H29Cl2N3O2. The van der Waals surface area contributed by atoms with Gasteiger partial charge in [0.1, 0.15) is 0 Å². The second kappa shape index (κ2) is 8.60. The van der Waals surface area contributed by atoms with Gasteiger partial charge in [0.2, 0.25) is 11.8 Å². The lowest BCUT2D eigenvalue weighted by Gasteiger charge is -2.35. The SMILES string of the molecule is CC(C)(C)CC(=O)N1CCC(N[C@@H]2CCN(c3ccc(Cl)c(Cl)c3)C2=O)CC1. The zero-order valence-electron chi connectivity index (χ0n) is 16.8. The van der Waals surface area contributed by atoms with E-state index >= 15 is 0 Å². The molecule has 0 bridgehead atoms. The lowest BCUT2D eigenvalue weighted by molar-refractivity contribution is -0.134. The molecule has 3 rings (SSSR count). The van der Waals surface area contributed by atoms with Crippen LogP contribution in [0.15, 0.2) is 18.2 Å². The predicted molar refractivity (Wildman–Crippen MR) is 114 cm³/mol. The van der Waals surface area contributed by atoms with Crippen LogP contribution in [0.3, 0.4) is 0 Å². The fourth-order valence-electron chi connectivity index (χ4n) is 3.89. The summed E-state index contributed by atoms with van der Waals surface area (Å²) in [7, 11) is 0. The predicted octanol–water partition coefficient (Wildman–Crippen LogP) is 4.12. The van der Waals surface area contributed by atoms with E-state index < -0.39 is 0 Å². The number of hydrogen-bond donors (Lipinski definition) is 1. The minimum absolute atomic E-state index is 0.0104. The summed E-state index contributed by atoms with van der Waals surface area (Å²) in [6.45, 7) is 8.44. The molecule has 0 radical (unpaired) electrons. The number of halogens is 2. The van der Waals surface area contributed by atoms with Crippen LogP contribution in [0.25, 0.3) is 0 Å². The Morgan fingerprint density at radius 3 is 2.39 bits per heavy atom. The number of carbonyl (C=O) groups is 2. The zero-order chi connectivity index (χ0) is 20.5. The van der Waals surface area contributed by atoms with E-state index in [2.05, 4.69) is 26.1 Å². The fraction of sp³-hybridized carbons (Fsp3) is 0.619. The summed E-state index contributed by atoms with van der Waals surface area (Å²) in [4.78, 5) is 28.9. The Hall–Kier alpha value is -1.30. The van der Waals surface area contributed by atoms with E-state index in [9.17, 15) is 9.59 Å². The van der Waals surface area contributed by atoms with Crippen LogP contribution in [0, 0.1) is 5.41 Å². The standard InChI is InChI=1S/C21H29Cl2N3O2/c1-21(2,3)13-19(27)25-9-6-14(7-10-25)24-18-8-11-26(20(18)28)15-4-5-16(22)17(23)12-15/h4-5,12,14,18,24H,6-11,13H2,1-3H3/t18-/m1/s1. The van der Waals surface area contributed by atoms with E-state index in [-0.39, 0.29) is 29.3 Å². The highest BCUT2D eigenvalue weighted by atomic mass is 35.5. The molecule has 0 unspecified atom stereocenters. The Morgan fingerprint density at radius 1 is 1.11 bits per heavy atom. The molecule has 7 heteroatoms. The van der Waals surface area contributed by atoms with Gasteiger partial charge in [0.05, 0.1) is 16.1 Å². The van der Waals surface area contributed by atoms with Gasteiger partial charge >= 0.3 is 0 Å². The van der Waals surface area contributed by atoms with Crippen molar-refractivity contribution in [2.75, 3.05) is 24.5 Å². The van der Waals surface area contributed by atoms with E-state index in [4.69, 9.17) is 23.2 Å². The van der Waals surface area contributed by atoms with E-state index in [1.807, 2.05) is 11.0 Å². The highest BCUT2D eigenvalue weighted by Gasteiger charge is 2.35. The number of rotatable bonds is 4. The van der Waals surface area contributed by atoms with Crippen molar-refractivity contribution in [3.63, 3.8) is 0 Å². The molecule has 1 N–H and O–H groups in total. The summed E-state index contributed by atoms with van der Waals surface area (Å²) in [6, 6.07) is 5.37. The molecule has 0 spiro atoms. The smallest absolute Gasteiger partial charge is 0.244 e. The van der Waals surface area contributed by atoms with Gasteiger partial charge < -0.3 is 15.1 Å². The van der Waals surface area contributed by atoms with Crippen molar-refractivity contribution in [1.29, 1.82) is 0 Å². The Balaban J connectivity index is 1.51. The second-order valence-electron chi connectivity index (χ2n) is 8.99. The van der Waals surface area contributed by atoms with E-state index in [0.717, 1.165) is 38.0 Å². The second-order valence-corrected chi connectivity index (χ2v) is 9.80. The molecule has 5 nitrogen and oxygen atoms in total. The number of hydrogen-bond acceptors (Lipinski definition) is 3. The molecule has 2 amide bonds. The first-order valence-electron chi connectivity index (χ1n) is 9.94. The summed E-state index contributed by atoms with van der Waals surface area (Å²) < 4.78 is 0. The average Bonchev–Trinajstić information content (AvgIpc) is 2.97. The Kier molecular flexibility index (Phi) is 6.58. The maximum absolute atomic E-state index is 12.8. The molecule has 2 aliphatic rings. The molecule has 1 aromatic rings. The Morgan fingerprint density at radius 2 is 1.79 bits per heavy atom. The van der Waals surface area contributed by atoms with E-state index in [0.29, 0.717) is 23.0 Å². The molecule has 2 aliphatic heterocycles. The third-order valence-corrected chi connectivity index (χ3v) is 6.13. The topological polar surface area (TPSA) is 52.7 Å². The quantitative estimate of drug-likeness (QED) is 0.788. The van der Waals surface area contributed by atoms with Crippen LogP contribution >= 0.6 is 23.2 Å². The molecule has 2 heterocycles. The number of nitrogens with one attached hydrogen (secondary N) is 1. The summed E-state index contributed by atoms with van der Waals surface area (Å²) in [5.74, 6) is 0.304. The maximum atomic E-state index is 12.8. The molecular weight excluding hydrogens is 397 g/mol. The van der Waals surface area contributed by atoms with Gasteiger partial charge in [-0.1, -0.05) is 44.0 Å². The number of piperidine rings is 1. The van der Waals surface area contributed by atoms with Crippen LogP contribution in [0.5, 0.6) is 0 Å². The van der Waals surface area contributed by atoms with Crippen molar-refractivity contribution in [3.8, 4) is 0 Å². The van der Waals surface area contributed by atoms with Crippen molar-refractivity contribution in [1.82, 2.24) is 10.2 Å². The van der Waals surface area contributed by atoms with Crippen molar-refractivity contribution >= 4 is 40.7 Å². The lowest BCUT2D eigenvalue weighted by Crippen LogP contribution is -2.50. The lowest BCUT2D eigenvalue weighted by atomic mass is 9.91. The number of likely N-dealkylation sites (tertiary alicyclic amines) is 1. The summed E-state index contributed by atoms with van der Waals surface area (Å²) in [5, 5.41) is 4.45. The van der Waals surface area contributed by atoms with E-state index in [1.165, 1.54) is 0 Å². The van der Waals surface area contributed by atoms with Gasteiger partial charge in [0.25, 0.3) is 0 Å². The Bertz CT molecular complexity index is 740. The molecule has 0 saturated carbocycles. The van der Waals surface area contributed by atoms with Gasteiger partial charge in [-0.25, -0.2) is 0 Å². The highest BCUT2D eigenvalue weighted by molar-refractivity contribution is 6.42. The summed E-state index contributed by atoms with van der Waals surface area (Å²) in [5.41, 5.74) is 0.794. The minimum atomic E-state index is -0.184. The average molecular weight is 426 g/mol. The first kappa shape index (κ1) is 21.4. The zero-order valence-corrected chi connectivity index (χ0v) is 18.3. The monoisotopic (exact) mass is 425 g/mol. The van der Waals surface area contributed by atoms with Crippen LogP contribution in [0.2, 0.25) is 10.0 Å². The van der Waals surface area contributed by atoms with Gasteiger partial charge in [-0.3, -0.25) is 9.59 Å². The molecule has 2 saturated heterocycles. The van der Waals surface area contributed by atoms with Crippen LogP contribution < -0.4 is 10.2 Å². The third kappa shape index (κ3) is 5.19. The number of carbonyl (C=O) groups excluding carboxylic acids is 2. The number of amides is 2. The molecule has 0 aromatic heterocycles. The van der Waals surface area contributed by atoms with Gasteiger partial charge in [-0.2, -0.15) is 0 Å². The van der Waals surface area contributed by atoms with Crippen molar-refractivity contribution in [2.24, 2.45) is 5.41 Å². The van der Waals surface area contributed by atoms with Crippen LogP contribution in [0.1, 0.15) is 46.5 Å². The summed E-state index contributed by atoms with van der Waals surface area (Å²) >= 11 is 12.1. The van der Waals surface area contributed by atoms with E-state index in [1.54, 1.807) is 17.0 Å². The third-order valence-electron chi connectivity index (χ3n) is 5.39.